The van der Waals surface area contributed by atoms with Gasteiger partial charge >= 0.3 is 0 Å². The zero-order valence-electron chi connectivity index (χ0n) is 11.3. The highest BCUT2D eigenvalue weighted by molar-refractivity contribution is 5.36. The monoisotopic (exact) mass is 240 g/mol. The average molecular weight is 240 g/mol. The molecule has 1 aromatic heterocycles. The second kappa shape index (κ2) is 5.78. The van der Waals surface area contributed by atoms with E-state index < -0.39 is 0 Å². The molecule has 1 heterocycles. The average Bonchev–Trinajstić information content (AvgIpc) is 2.40. The highest BCUT2D eigenvalue weighted by atomic mass is 14.8. The van der Waals surface area contributed by atoms with Gasteiger partial charge < -0.3 is 5.32 Å². The van der Waals surface area contributed by atoms with Gasteiger partial charge in [0.15, 0.2) is 0 Å². The third-order valence-corrected chi connectivity index (χ3v) is 3.39. The molecule has 0 fully saturated rings. The molecule has 0 saturated carbocycles. The number of hydrogen-bond acceptors (Lipinski definition) is 2. The van der Waals surface area contributed by atoms with Crippen molar-refractivity contribution in [3.8, 4) is 0 Å². The maximum atomic E-state index is 4.49. The van der Waals surface area contributed by atoms with Gasteiger partial charge in [0.05, 0.1) is 0 Å². The lowest BCUT2D eigenvalue weighted by atomic mass is 9.92. The van der Waals surface area contributed by atoms with Crippen LogP contribution in [-0.4, -0.2) is 18.6 Å². The van der Waals surface area contributed by atoms with E-state index in [1.807, 2.05) is 25.4 Å². The molecule has 1 unspecified atom stereocenters. The summed E-state index contributed by atoms with van der Waals surface area (Å²) in [6, 6.07) is 12.8. The van der Waals surface area contributed by atoms with Gasteiger partial charge in [0.2, 0.25) is 0 Å². The first-order valence-corrected chi connectivity index (χ1v) is 6.35. The number of likely N-dealkylation sites (N-methyl/N-ethyl adjacent to an activating group) is 1. The molecule has 1 atom stereocenters. The molecule has 2 aromatic rings. The predicted molar refractivity (Wildman–Crippen MR) is 75.9 cm³/mol. The van der Waals surface area contributed by atoms with Crippen molar-refractivity contribution in [2.75, 3.05) is 13.6 Å². The fourth-order valence-electron chi connectivity index (χ4n) is 2.16. The van der Waals surface area contributed by atoms with Crippen LogP contribution in [0.4, 0.5) is 0 Å². The zero-order valence-corrected chi connectivity index (χ0v) is 11.3. The zero-order chi connectivity index (χ0) is 13.0. The lowest BCUT2D eigenvalue weighted by Gasteiger charge is -2.17. The Balaban J connectivity index is 2.38. The molecule has 1 N–H and O–H groups in total. The molecule has 1 aromatic carbocycles. The molecule has 0 saturated heterocycles. The normalized spacial score (nSPS) is 12.4. The maximum Gasteiger partial charge on any atom is 0.0491 e. The minimum absolute atomic E-state index is 0.315. The number of benzene rings is 1. The van der Waals surface area contributed by atoms with Crippen LogP contribution >= 0.6 is 0 Å². The van der Waals surface area contributed by atoms with E-state index in [4.69, 9.17) is 0 Å². The number of rotatable bonds is 4. The molecule has 94 valence electrons. The summed E-state index contributed by atoms with van der Waals surface area (Å²) in [4.78, 5) is 4.49. The Bertz CT molecular complexity index is 506. The molecule has 0 radical (unpaired) electrons. The summed E-state index contributed by atoms with van der Waals surface area (Å²) in [5, 5.41) is 3.26. The van der Waals surface area contributed by atoms with E-state index in [2.05, 4.69) is 48.4 Å². The maximum absolute atomic E-state index is 4.49. The Morgan fingerprint density at radius 2 is 1.94 bits per heavy atom. The van der Waals surface area contributed by atoms with Crippen LogP contribution in [0.2, 0.25) is 0 Å². The fourth-order valence-corrected chi connectivity index (χ4v) is 2.16. The lowest BCUT2D eigenvalue weighted by Crippen LogP contribution is -2.19. The van der Waals surface area contributed by atoms with Gasteiger partial charge in [-0.1, -0.05) is 24.3 Å². The van der Waals surface area contributed by atoms with Crippen molar-refractivity contribution in [2.45, 2.75) is 19.8 Å². The molecule has 18 heavy (non-hydrogen) atoms. The molecule has 0 aliphatic rings. The van der Waals surface area contributed by atoms with Gasteiger partial charge in [0, 0.05) is 24.4 Å². The van der Waals surface area contributed by atoms with Crippen molar-refractivity contribution in [2.24, 2.45) is 0 Å². The van der Waals surface area contributed by atoms with E-state index in [0.29, 0.717) is 5.92 Å². The van der Waals surface area contributed by atoms with Gasteiger partial charge in [-0.2, -0.15) is 0 Å². The van der Waals surface area contributed by atoms with Crippen molar-refractivity contribution < 1.29 is 0 Å². The van der Waals surface area contributed by atoms with Crippen molar-refractivity contribution in [1.82, 2.24) is 10.3 Å². The SMILES string of the molecule is CNCC(c1ccc(C)c(C)c1)c1ccccn1. The molecule has 2 heteroatoms. The molecule has 0 bridgehead atoms. The fraction of sp³-hybridized carbons (Fsp3) is 0.312. The van der Waals surface area contributed by atoms with Crippen LogP contribution in [0.5, 0.6) is 0 Å². The summed E-state index contributed by atoms with van der Waals surface area (Å²) < 4.78 is 0. The molecule has 0 aliphatic carbocycles. The Hall–Kier alpha value is -1.67. The number of nitrogens with zero attached hydrogens (tertiary/aromatic N) is 1. The molecular formula is C16H20N2. The first-order chi connectivity index (χ1) is 8.72. The second-order valence-corrected chi connectivity index (χ2v) is 4.71. The van der Waals surface area contributed by atoms with E-state index >= 15 is 0 Å². The smallest absolute Gasteiger partial charge is 0.0491 e. The molecule has 0 amide bonds. The topological polar surface area (TPSA) is 24.9 Å². The summed E-state index contributed by atoms with van der Waals surface area (Å²) in [5.41, 5.74) is 5.12. The summed E-state index contributed by atoms with van der Waals surface area (Å²) in [6.45, 7) is 5.21. The van der Waals surface area contributed by atoms with Crippen LogP contribution in [0.25, 0.3) is 0 Å². The Morgan fingerprint density at radius 1 is 1.11 bits per heavy atom. The molecule has 2 rings (SSSR count). The molecule has 2 nitrogen and oxygen atoms in total. The van der Waals surface area contributed by atoms with Crippen LogP contribution in [0.3, 0.4) is 0 Å². The Kier molecular flexibility index (Phi) is 4.11. The van der Waals surface area contributed by atoms with Crippen LogP contribution in [0.1, 0.15) is 28.3 Å². The summed E-state index contributed by atoms with van der Waals surface area (Å²) in [7, 11) is 1.98. The van der Waals surface area contributed by atoms with Gasteiger partial charge in [0.1, 0.15) is 0 Å². The summed E-state index contributed by atoms with van der Waals surface area (Å²) >= 11 is 0. The van der Waals surface area contributed by atoms with Crippen LogP contribution in [0, 0.1) is 13.8 Å². The van der Waals surface area contributed by atoms with Gasteiger partial charge in [-0.05, 0) is 49.7 Å². The summed E-state index contributed by atoms with van der Waals surface area (Å²) in [5.74, 6) is 0.315. The third-order valence-electron chi connectivity index (χ3n) is 3.39. The highest BCUT2D eigenvalue weighted by Crippen LogP contribution is 2.24. The highest BCUT2D eigenvalue weighted by Gasteiger charge is 2.14. The van der Waals surface area contributed by atoms with Gasteiger partial charge in [0.25, 0.3) is 0 Å². The van der Waals surface area contributed by atoms with Gasteiger partial charge in [-0.25, -0.2) is 0 Å². The number of hydrogen-bond donors (Lipinski definition) is 1. The first kappa shape index (κ1) is 12.8. The van der Waals surface area contributed by atoms with E-state index in [1.165, 1.54) is 16.7 Å². The number of aryl methyl sites for hydroxylation is 2. The molecule has 0 aliphatic heterocycles. The van der Waals surface area contributed by atoms with Crippen molar-refractivity contribution in [3.05, 3.63) is 65.0 Å². The van der Waals surface area contributed by atoms with E-state index in [9.17, 15) is 0 Å². The first-order valence-electron chi connectivity index (χ1n) is 6.35. The number of aromatic nitrogens is 1. The van der Waals surface area contributed by atoms with Gasteiger partial charge in [-0.3, -0.25) is 4.98 Å². The summed E-state index contributed by atoms with van der Waals surface area (Å²) in [6.07, 6.45) is 1.86. The lowest BCUT2D eigenvalue weighted by molar-refractivity contribution is 0.691. The molecular weight excluding hydrogens is 220 g/mol. The van der Waals surface area contributed by atoms with Crippen LogP contribution in [0.15, 0.2) is 42.6 Å². The number of nitrogens with one attached hydrogen (secondary N) is 1. The molecule has 0 spiro atoms. The standard InChI is InChI=1S/C16H20N2/c1-12-7-8-14(10-13(12)2)15(11-17-3)16-6-4-5-9-18-16/h4-10,15,17H,11H2,1-3H3. The predicted octanol–water partition coefficient (Wildman–Crippen LogP) is 3.05. The Labute approximate surface area is 109 Å². The Morgan fingerprint density at radius 3 is 2.56 bits per heavy atom. The van der Waals surface area contributed by atoms with Gasteiger partial charge in [-0.15, -0.1) is 0 Å². The van der Waals surface area contributed by atoms with Crippen LogP contribution in [-0.2, 0) is 0 Å². The minimum Gasteiger partial charge on any atom is -0.319 e. The van der Waals surface area contributed by atoms with E-state index in [1.54, 1.807) is 0 Å². The third kappa shape index (κ3) is 2.77. The van der Waals surface area contributed by atoms with Crippen molar-refractivity contribution in [3.63, 3.8) is 0 Å². The van der Waals surface area contributed by atoms with E-state index in [-0.39, 0.29) is 0 Å². The quantitative estimate of drug-likeness (QED) is 0.888. The minimum atomic E-state index is 0.315. The van der Waals surface area contributed by atoms with E-state index in [0.717, 1.165) is 12.2 Å². The largest absolute Gasteiger partial charge is 0.319 e. The second-order valence-electron chi connectivity index (χ2n) is 4.71. The number of pyridine rings is 1. The van der Waals surface area contributed by atoms with Crippen LogP contribution < -0.4 is 5.32 Å². The van der Waals surface area contributed by atoms with Crippen molar-refractivity contribution in [1.29, 1.82) is 0 Å². The van der Waals surface area contributed by atoms with Crippen molar-refractivity contribution >= 4 is 0 Å².